The summed E-state index contributed by atoms with van der Waals surface area (Å²) in [6.07, 6.45) is 0.687. The fourth-order valence-electron chi connectivity index (χ4n) is 3.02. The van der Waals surface area contributed by atoms with Crippen LogP contribution in [0.3, 0.4) is 0 Å². The maximum Gasteiger partial charge on any atom is 0.254 e. The number of halogens is 1. The third-order valence-corrected chi connectivity index (χ3v) is 4.40. The van der Waals surface area contributed by atoms with Gasteiger partial charge in [0.2, 0.25) is 0 Å². The van der Waals surface area contributed by atoms with Crippen molar-refractivity contribution in [1.29, 1.82) is 0 Å². The molecule has 3 aromatic rings. The van der Waals surface area contributed by atoms with Gasteiger partial charge in [0, 0.05) is 18.9 Å². The molecule has 1 aromatic heterocycles. The van der Waals surface area contributed by atoms with Crippen LogP contribution in [0.15, 0.2) is 40.8 Å². The van der Waals surface area contributed by atoms with Crippen LogP contribution in [0.2, 0.25) is 5.02 Å². The van der Waals surface area contributed by atoms with E-state index in [2.05, 4.69) is 10.3 Å². The van der Waals surface area contributed by atoms with Crippen molar-refractivity contribution in [3.05, 3.63) is 58.4 Å². The monoisotopic (exact) mass is 342 g/mol. The second-order valence-electron chi connectivity index (χ2n) is 5.71. The smallest absolute Gasteiger partial charge is 0.254 e. The predicted molar refractivity (Wildman–Crippen MR) is 90.5 cm³/mol. The Morgan fingerprint density at radius 3 is 3.00 bits per heavy atom. The average molecular weight is 343 g/mol. The molecule has 0 radical (unpaired) electrons. The van der Waals surface area contributed by atoms with E-state index in [0.717, 1.165) is 5.56 Å². The number of carbonyl (C=O) groups excluding carboxylic acids is 1. The number of nitrogens with zero attached hydrogens (tertiary/aromatic N) is 1. The fraction of sp³-hybridized carbons (Fsp3) is 0.222. The number of aromatic nitrogens is 1. The minimum atomic E-state index is -0.188. The molecule has 2 aromatic carbocycles. The highest BCUT2D eigenvalue weighted by molar-refractivity contribution is 6.32. The maximum atomic E-state index is 12.8. The van der Waals surface area contributed by atoms with Crippen molar-refractivity contribution >= 4 is 28.6 Å². The Morgan fingerprint density at radius 1 is 1.29 bits per heavy atom. The first-order chi connectivity index (χ1) is 11.6. The molecule has 1 unspecified atom stereocenters. The Bertz CT molecular complexity index is 935. The first kappa shape index (κ1) is 15.0. The Labute approximate surface area is 143 Å². The van der Waals surface area contributed by atoms with Gasteiger partial charge in [-0.2, -0.15) is 0 Å². The van der Waals surface area contributed by atoms with E-state index in [1.807, 2.05) is 12.1 Å². The van der Waals surface area contributed by atoms with Crippen molar-refractivity contribution in [2.75, 3.05) is 6.61 Å². The summed E-state index contributed by atoms with van der Waals surface area (Å²) in [6.45, 7) is 2.27. The van der Waals surface area contributed by atoms with Gasteiger partial charge >= 0.3 is 0 Å². The minimum absolute atomic E-state index is 0.150. The highest BCUT2D eigenvalue weighted by Crippen LogP contribution is 2.37. The molecule has 0 fully saturated rings. The van der Waals surface area contributed by atoms with Crippen molar-refractivity contribution in [3.8, 4) is 5.75 Å². The largest absolute Gasteiger partial charge is 0.492 e. The summed E-state index contributed by atoms with van der Waals surface area (Å²) in [5.41, 5.74) is 2.58. The summed E-state index contributed by atoms with van der Waals surface area (Å²) in [4.78, 5) is 17.1. The average Bonchev–Trinajstić information content (AvgIpc) is 2.95. The second-order valence-corrected chi connectivity index (χ2v) is 6.11. The Kier molecular flexibility index (Phi) is 3.65. The Morgan fingerprint density at radius 2 is 2.12 bits per heavy atom. The van der Waals surface area contributed by atoms with Gasteiger partial charge in [0.15, 0.2) is 11.5 Å². The van der Waals surface area contributed by atoms with Gasteiger partial charge in [-0.25, -0.2) is 4.98 Å². The molecule has 1 aliphatic rings. The van der Waals surface area contributed by atoms with E-state index in [1.54, 1.807) is 31.2 Å². The lowest BCUT2D eigenvalue weighted by Crippen LogP contribution is -2.32. The van der Waals surface area contributed by atoms with Gasteiger partial charge in [0.25, 0.3) is 5.91 Å². The Balaban J connectivity index is 1.67. The molecule has 0 spiro atoms. The molecule has 1 N–H and O–H groups in total. The van der Waals surface area contributed by atoms with E-state index < -0.39 is 0 Å². The zero-order valence-electron chi connectivity index (χ0n) is 13.0. The van der Waals surface area contributed by atoms with Crippen LogP contribution in [0.4, 0.5) is 0 Å². The molecule has 2 heterocycles. The zero-order chi connectivity index (χ0) is 16.7. The summed E-state index contributed by atoms with van der Waals surface area (Å²) in [5.74, 6) is 0.992. The molecule has 0 bridgehead atoms. The number of para-hydroxylation sites is 2. The number of ether oxygens (including phenoxy) is 1. The summed E-state index contributed by atoms with van der Waals surface area (Å²) < 4.78 is 11.1. The first-order valence-corrected chi connectivity index (χ1v) is 8.09. The molecule has 5 nitrogen and oxygen atoms in total. The highest BCUT2D eigenvalue weighted by atomic mass is 35.5. The first-order valence-electron chi connectivity index (χ1n) is 7.71. The van der Waals surface area contributed by atoms with Crippen LogP contribution in [-0.2, 0) is 0 Å². The van der Waals surface area contributed by atoms with Crippen molar-refractivity contribution in [3.63, 3.8) is 0 Å². The van der Waals surface area contributed by atoms with Gasteiger partial charge in [-0.1, -0.05) is 29.8 Å². The van der Waals surface area contributed by atoms with Crippen LogP contribution in [0.25, 0.3) is 11.1 Å². The standard InChI is InChI=1S/C18H15ClN2O3/c1-10-20-16-12(5-3-7-15(16)24-10)18(22)21-14-8-9-23-17-11(14)4-2-6-13(17)19/h2-7,14H,8-9H2,1H3,(H,21,22). The summed E-state index contributed by atoms with van der Waals surface area (Å²) in [7, 11) is 0. The van der Waals surface area contributed by atoms with E-state index in [1.165, 1.54) is 0 Å². The number of benzene rings is 2. The number of aryl methyl sites for hydroxylation is 1. The summed E-state index contributed by atoms with van der Waals surface area (Å²) in [6, 6.07) is 10.7. The quantitative estimate of drug-likeness (QED) is 0.763. The number of hydrogen-bond acceptors (Lipinski definition) is 4. The molecule has 6 heteroatoms. The molecule has 1 amide bonds. The van der Waals surface area contributed by atoms with Gasteiger partial charge in [0.05, 0.1) is 23.2 Å². The summed E-state index contributed by atoms with van der Waals surface area (Å²) >= 11 is 6.18. The van der Waals surface area contributed by atoms with Crippen LogP contribution < -0.4 is 10.1 Å². The fourth-order valence-corrected chi connectivity index (χ4v) is 3.25. The van der Waals surface area contributed by atoms with Gasteiger partial charge in [-0.3, -0.25) is 4.79 Å². The number of oxazole rings is 1. The van der Waals surface area contributed by atoms with Crippen molar-refractivity contribution in [2.45, 2.75) is 19.4 Å². The molecule has 0 saturated heterocycles. The lowest BCUT2D eigenvalue weighted by molar-refractivity contribution is 0.0926. The van der Waals surface area contributed by atoms with Gasteiger partial charge in [0.1, 0.15) is 11.3 Å². The number of amides is 1. The van der Waals surface area contributed by atoms with Crippen molar-refractivity contribution in [1.82, 2.24) is 10.3 Å². The molecular weight excluding hydrogens is 328 g/mol. The number of rotatable bonds is 2. The zero-order valence-corrected chi connectivity index (χ0v) is 13.8. The van der Waals surface area contributed by atoms with Crippen LogP contribution in [-0.4, -0.2) is 17.5 Å². The number of fused-ring (bicyclic) bond motifs is 2. The third kappa shape index (κ3) is 2.51. The molecule has 0 saturated carbocycles. The van der Waals surface area contributed by atoms with E-state index in [0.29, 0.717) is 46.4 Å². The van der Waals surface area contributed by atoms with E-state index >= 15 is 0 Å². The van der Waals surface area contributed by atoms with Crippen LogP contribution in [0.5, 0.6) is 5.75 Å². The normalized spacial score (nSPS) is 16.5. The minimum Gasteiger partial charge on any atom is -0.492 e. The molecule has 1 atom stereocenters. The van der Waals surface area contributed by atoms with E-state index in [-0.39, 0.29) is 11.9 Å². The number of carbonyl (C=O) groups is 1. The van der Waals surface area contributed by atoms with Crippen molar-refractivity contribution in [2.24, 2.45) is 0 Å². The Hall–Kier alpha value is -2.53. The van der Waals surface area contributed by atoms with E-state index in [4.69, 9.17) is 20.8 Å². The molecule has 0 aliphatic carbocycles. The topological polar surface area (TPSA) is 64.4 Å². The molecule has 24 heavy (non-hydrogen) atoms. The van der Waals surface area contributed by atoms with Gasteiger partial charge in [-0.05, 0) is 18.2 Å². The molecular formula is C18H15ClN2O3. The van der Waals surface area contributed by atoms with E-state index in [9.17, 15) is 4.79 Å². The van der Waals surface area contributed by atoms with Crippen LogP contribution in [0, 0.1) is 6.92 Å². The lowest BCUT2D eigenvalue weighted by Gasteiger charge is -2.27. The number of hydrogen-bond donors (Lipinski definition) is 1. The van der Waals surface area contributed by atoms with Crippen molar-refractivity contribution < 1.29 is 13.9 Å². The van der Waals surface area contributed by atoms with Gasteiger partial charge < -0.3 is 14.5 Å². The molecule has 122 valence electrons. The SMILES string of the molecule is Cc1nc2c(C(=O)NC3CCOc4c(Cl)cccc43)cccc2o1. The summed E-state index contributed by atoms with van der Waals surface area (Å²) in [5, 5.41) is 3.62. The lowest BCUT2D eigenvalue weighted by atomic mass is 10.00. The molecule has 1 aliphatic heterocycles. The predicted octanol–water partition coefficient (Wildman–Crippen LogP) is 4.04. The number of nitrogens with one attached hydrogen (secondary N) is 1. The second kappa shape index (κ2) is 5.83. The highest BCUT2D eigenvalue weighted by Gasteiger charge is 2.26. The molecule has 4 rings (SSSR count). The third-order valence-electron chi connectivity index (χ3n) is 4.10. The maximum absolute atomic E-state index is 12.8. The van der Waals surface area contributed by atoms with Crippen LogP contribution >= 0.6 is 11.6 Å². The van der Waals surface area contributed by atoms with Crippen LogP contribution in [0.1, 0.15) is 34.3 Å². The van der Waals surface area contributed by atoms with Gasteiger partial charge in [-0.15, -0.1) is 0 Å².